The predicted molar refractivity (Wildman–Crippen MR) is 350 cm³/mol. The van der Waals surface area contributed by atoms with E-state index in [0.717, 1.165) is 86.1 Å². The van der Waals surface area contributed by atoms with Crippen molar-refractivity contribution in [1.29, 1.82) is 0 Å². The molecule has 0 saturated heterocycles. The fourth-order valence-electron chi connectivity index (χ4n) is 12.2. The van der Waals surface area contributed by atoms with Gasteiger partial charge in [0.15, 0.2) is 0 Å². The van der Waals surface area contributed by atoms with Gasteiger partial charge in [0.25, 0.3) is 0 Å². The Morgan fingerprint density at radius 2 is 0.457 bits per heavy atom. The van der Waals surface area contributed by atoms with Crippen molar-refractivity contribution in [2.24, 2.45) is 0 Å². The zero-order valence-electron chi connectivity index (χ0n) is 52.7. The van der Waals surface area contributed by atoms with E-state index < -0.39 is 20.2 Å². The number of hydrogen-bond donors (Lipinski definition) is 0. The fraction of sp³-hybridized carbons (Fsp3) is 0.722. The van der Waals surface area contributed by atoms with Gasteiger partial charge < -0.3 is 9.11 Å². The van der Waals surface area contributed by atoms with Crippen LogP contribution in [0.5, 0.6) is 0 Å². The number of aryl methyl sites for hydroxylation is 4. The van der Waals surface area contributed by atoms with E-state index in [2.05, 4.69) is 27.7 Å². The summed E-state index contributed by atoms with van der Waals surface area (Å²) in [4.78, 5) is 0.103. The maximum Gasteiger partial charge on any atom is 2.00 e. The molecule has 9 heteroatoms. The van der Waals surface area contributed by atoms with Crippen molar-refractivity contribution in [3.63, 3.8) is 0 Å². The monoisotopic (exact) mass is 1180 g/mol. The third-order valence-corrected chi connectivity index (χ3v) is 19.0. The average molecular weight is 1180 g/mol. The van der Waals surface area contributed by atoms with Crippen molar-refractivity contribution in [3.05, 3.63) is 82.9 Å². The molecule has 0 fully saturated rings. The molecule has 0 radical (unpaired) electrons. The first kappa shape index (κ1) is 75.6. The molecule has 0 aliphatic carbocycles. The molecule has 6 nitrogen and oxygen atoms in total. The molecule has 4 aromatic carbocycles. The SMILES string of the molecule is CCCCCCCCCCCCCc1ccc2cccc(CCCCCCCCCCCCC)c2c1S(=O)(=O)[O-].CCCCCCCCCCCCCc1ccc2cccc(CCCCCCCCCCCCC)c2c1S(=O)(=O)[O-].[Ca+2]. The van der Waals surface area contributed by atoms with Gasteiger partial charge in [-0.3, -0.25) is 0 Å². The number of rotatable bonds is 50. The van der Waals surface area contributed by atoms with Crippen LogP contribution in [0.2, 0.25) is 0 Å². The second kappa shape index (κ2) is 48.6. The molecular formula is C72H118CaO6S2. The Hall–Kier alpha value is -1.52. The van der Waals surface area contributed by atoms with Crippen LogP contribution in [0.15, 0.2) is 70.5 Å². The zero-order valence-corrected chi connectivity index (χ0v) is 56.5. The third kappa shape index (κ3) is 33.8. The van der Waals surface area contributed by atoms with Crippen LogP contribution in [0.3, 0.4) is 0 Å². The molecule has 4 rings (SSSR count). The molecule has 4 aromatic rings. The van der Waals surface area contributed by atoms with Crippen molar-refractivity contribution < 1.29 is 25.9 Å². The second-order valence-electron chi connectivity index (χ2n) is 24.2. The van der Waals surface area contributed by atoms with Gasteiger partial charge >= 0.3 is 37.7 Å². The van der Waals surface area contributed by atoms with Gasteiger partial charge in [0, 0.05) is 10.8 Å². The van der Waals surface area contributed by atoms with Gasteiger partial charge in [-0.2, -0.15) is 0 Å². The number of unbranched alkanes of at least 4 members (excludes halogenated alkanes) is 40. The molecule has 0 aliphatic heterocycles. The van der Waals surface area contributed by atoms with Crippen LogP contribution < -0.4 is 0 Å². The van der Waals surface area contributed by atoms with Crippen LogP contribution >= 0.6 is 0 Å². The summed E-state index contributed by atoms with van der Waals surface area (Å²) in [5, 5.41) is 3.12. The summed E-state index contributed by atoms with van der Waals surface area (Å²) in [5.41, 5.74) is 3.46. The van der Waals surface area contributed by atoms with Crippen LogP contribution in [0, 0.1) is 0 Å². The Kier molecular flexibility index (Phi) is 45.3. The molecule has 0 spiro atoms. The van der Waals surface area contributed by atoms with E-state index >= 15 is 0 Å². The smallest absolute Gasteiger partial charge is 0.744 e. The van der Waals surface area contributed by atoms with Gasteiger partial charge in [-0.1, -0.05) is 345 Å². The summed E-state index contributed by atoms with van der Waals surface area (Å²) in [6, 6.07) is 19.7. The number of fused-ring (bicyclic) bond motifs is 2. The van der Waals surface area contributed by atoms with Gasteiger partial charge in [0.1, 0.15) is 20.2 Å². The molecule has 0 atom stereocenters. The molecule has 0 heterocycles. The summed E-state index contributed by atoms with van der Waals surface area (Å²) >= 11 is 0. The standard InChI is InChI=1S/2C36H60O3S.Ca/c2*1-3-5-7-9-11-13-15-17-19-21-23-26-32-28-25-29-33-30-31-34(36(35(32)33)40(37,38)39)27-24-22-20-18-16-14-12-10-8-6-4-2;/h2*25,28-31H,3-24,26-27H2,1-2H3,(H,37,38,39);/q;;+2/p-2. The van der Waals surface area contributed by atoms with Crippen LogP contribution in [0.25, 0.3) is 21.5 Å². The maximum absolute atomic E-state index is 12.5. The van der Waals surface area contributed by atoms with Crippen molar-refractivity contribution in [3.8, 4) is 0 Å². The minimum atomic E-state index is -4.55. The fourth-order valence-corrected chi connectivity index (χ4v) is 14.2. The average Bonchev–Trinajstić information content (AvgIpc) is 3.44. The summed E-state index contributed by atoms with van der Waals surface area (Å²) in [5.74, 6) is 0. The molecule has 0 unspecified atom stereocenters. The van der Waals surface area contributed by atoms with E-state index in [4.69, 9.17) is 0 Å². The molecule has 81 heavy (non-hydrogen) atoms. The summed E-state index contributed by atoms with van der Waals surface area (Å²) in [6.45, 7) is 9.04. The first-order chi connectivity index (χ1) is 39.0. The van der Waals surface area contributed by atoms with E-state index in [1.165, 1.54) is 231 Å². The molecule has 0 aromatic heterocycles. The molecule has 0 saturated carbocycles. The van der Waals surface area contributed by atoms with Gasteiger partial charge in [-0.15, -0.1) is 0 Å². The Morgan fingerprint density at radius 1 is 0.259 bits per heavy atom. The maximum atomic E-state index is 12.5. The van der Waals surface area contributed by atoms with Crippen molar-refractivity contribution in [1.82, 2.24) is 0 Å². The molecule has 0 bridgehead atoms. The largest absolute Gasteiger partial charge is 2.00 e. The molecule has 0 N–H and O–H groups in total. The van der Waals surface area contributed by atoms with Crippen molar-refractivity contribution >= 4 is 79.5 Å². The van der Waals surface area contributed by atoms with Crippen molar-refractivity contribution in [2.45, 2.75) is 346 Å². The Labute approximate surface area is 529 Å². The van der Waals surface area contributed by atoms with E-state index in [1.54, 1.807) is 0 Å². The Morgan fingerprint density at radius 3 is 0.667 bits per heavy atom. The topological polar surface area (TPSA) is 114 Å². The number of benzene rings is 4. The quantitative estimate of drug-likeness (QED) is 0.0247. The Balaban J connectivity index is 0.000000547. The predicted octanol–water partition coefficient (Wildman–Crippen LogP) is 22.5. The van der Waals surface area contributed by atoms with Crippen LogP contribution in [0.1, 0.15) is 332 Å². The van der Waals surface area contributed by atoms with Gasteiger partial charge in [-0.25, -0.2) is 16.8 Å². The molecule has 0 aliphatic rings. The molecule has 0 amide bonds. The normalized spacial score (nSPS) is 11.8. The van der Waals surface area contributed by atoms with Gasteiger partial charge in [0.2, 0.25) is 0 Å². The van der Waals surface area contributed by atoms with Crippen LogP contribution in [-0.2, 0) is 45.9 Å². The minimum Gasteiger partial charge on any atom is -0.744 e. The summed E-state index contributed by atoms with van der Waals surface area (Å²) in [7, 11) is -9.10. The minimum absolute atomic E-state index is 0. The van der Waals surface area contributed by atoms with Gasteiger partial charge in [0.05, 0.1) is 9.79 Å². The zero-order chi connectivity index (χ0) is 57.8. The third-order valence-electron chi connectivity index (χ3n) is 17.0. The Bertz CT molecular complexity index is 2230. The number of hydrogen-bond acceptors (Lipinski definition) is 6. The summed E-state index contributed by atoms with van der Waals surface area (Å²) in [6.07, 6.45) is 59.0. The summed E-state index contributed by atoms with van der Waals surface area (Å²) < 4.78 is 75.2. The van der Waals surface area contributed by atoms with Crippen LogP contribution in [-0.4, -0.2) is 63.7 Å². The molecule has 456 valence electrons. The van der Waals surface area contributed by atoms with E-state index in [9.17, 15) is 25.9 Å². The van der Waals surface area contributed by atoms with Gasteiger partial charge in [-0.05, 0) is 84.4 Å². The second-order valence-corrected chi connectivity index (χ2v) is 26.8. The van der Waals surface area contributed by atoms with E-state index in [0.29, 0.717) is 34.7 Å². The first-order valence-electron chi connectivity index (χ1n) is 34.0. The first-order valence-corrected chi connectivity index (χ1v) is 36.8. The van der Waals surface area contributed by atoms with E-state index in [-0.39, 0.29) is 47.5 Å². The van der Waals surface area contributed by atoms with Crippen LogP contribution in [0.4, 0.5) is 0 Å². The van der Waals surface area contributed by atoms with Crippen molar-refractivity contribution in [2.75, 3.05) is 0 Å². The molecular weight excluding hydrogens is 1060 g/mol. The van der Waals surface area contributed by atoms with E-state index in [1.807, 2.05) is 60.7 Å².